The molecule has 120 valence electrons. The van der Waals surface area contributed by atoms with Crippen LogP contribution in [0.3, 0.4) is 0 Å². The van der Waals surface area contributed by atoms with Crippen LogP contribution in [0.15, 0.2) is 54.7 Å². The molecule has 0 bridgehead atoms. The summed E-state index contributed by atoms with van der Waals surface area (Å²) in [5.74, 6) is 0.812. The molecule has 2 aromatic carbocycles. The van der Waals surface area contributed by atoms with Gasteiger partial charge in [0.1, 0.15) is 11.9 Å². The summed E-state index contributed by atoms with van der Waals surface area (Å²) in [7, 11) is 0. The first-order valence-corrected chi connectivity index (χ1v) is 8.00. The van der Waals surface area contributed by atoms with Crippen LogP contribution in [0.1, 0.15) is 38.5 Å². The van der Waals surface area contributed by atoms with E-state index in [1.807, 2.05) is 60.3 Å². The van der Waals surface area contributed by atoms with Crippen molar-refractivity contribution in [2.24, 2.45) is 5.73 Å². The van der Waals surface area contributed by atoms with Crippen LogP contribution in [0.25, 0.3) is 10.9 Å². The van der Waals surface area contributed by atoms with Crippen molar-refractivity contribution in [2.75, 3.05) is 0 Å². The molecule has 1 aromatic heterocycles. The Bertz CT molecular complexity index is 778. The molecule has 0 fully saturated rings. The summed E-state index contributed by atoms with van der Waals surface area (Å²) >= 11 is 0. The summed E-state index contributed by atoms with van der Waals surface area (Å²) < 4.78 is 8.19. The van der Waals surface area contributed by atoms with E-state index in [1.54, 1.807) is 0 Å². The second kappa shape index (κ2) is 6.42. The molecule has 3 aromatic rings. The lowest BCUT2D eigenvalue weighted by Gasteiger charge is -2.23. The van der Waals surface area contributed by atoms with Gasteiger partial charge in [-0.3, -0.25) is 4.68 Å². The fourth-order valence-corrected chi connectivity index (χ4v) is 2.78. The largest absolute Gasteiger partial charge is 0.484 e. The number of rotatable bonds is 5. The number of benzene rings is 2. The monoisotopic (exact) mass is 309 g/mol. The highest BCUT2D eigenvalue weighted by atomic mass is 16.5. The highest BCUT2D eigenvalue weighted by Gasteiger charge is 2.18. The average Bonchev–Trinajstić information content (AvgIpc) is 2.96. The van der Waals surface area contributed by atoms with Gasteiger partial charge in [0.2, 0.25) is 0 Å². The predicted octanol–water partition coefficient (Wildman–Crippen LogP) is 4.08. The smallest absolute Gasteiger partial charge is 0.138 e. The van der Waals surface area contributed by atoms with E-state index in [9.17, 15) is 0 Å². The molecule has 1 heterocycles. The maximum Gasteiger partial charge on any atom is 0.138 e. The third-order valence-electron chi connectivity index (χ3n) is 3.92. The molecule has 0 amide bonds. The molecule has 4 nitrogen and oxygen atoms in total. The van der Waals surface area contributed by atoms with Crippen LogP contribution in [0.2, 0.25) is 0 Å². The van der Waals surface area contributed by atoms with Crippen molar-refractivity contribution in [3.63, 3.8) is 0 Å². The highest BCUT2D eigenvalue weighted by Crippen LogP contribution is 2.28. The molecule has 0 saturated carbocycles. The van der Waals surface area contributed by atoms with Crippen LogP contribution in [-0.2, 0) is 0 Å². The Hall–Kier alpha value is -2.33. The molecule has 23 heavy (non-hydrogen) atoms. The van der Waals surface area contributed by atoms with Crippen molar-refractivity contribution in [3.8, 4) is 5.75 Å². The maximum absolute atomic E-state index is 6.18. The van der Waals surface area contributed by atoms with Crippen molar-refractivity contribution in [2.45, 2.75) is 39.0 Å². The van der Waals surface area contributed by atoms with E-state index in [-0.39, 0.29) is 12.1 Å². The summed E-state index contributed by atoms with van der Waals surface area (Å²) in [6, 6.07) is 16.4. The van der Waals surface area contributed by atoms with E-state index in [4.69, 9.17) is 10.5 Å². The Morgan fingerprint density at radius 3 is 2.43 bits per heavy atom. The lowest BCUT2D eigenvalue weighted by Crippen LogP contribution is -2.29. The van der Waals surface area contributed by atoms with Crippen LogP contribution >= 0.6 is 0 Å². The van der Waals surface area contributed by atoms with Gasteiger partial charge in [0.05, 0.1) is 11.7 Å². The molecule has 1 unspecified atom stereocenters. The summed E-state index contributed by atoms with van der Waals surface area (Å²) in [6.07, 6.45) is 1.71. The van der Waals surface area contributed by atoms with E-state index >= 15 is 0 Å². The van der Waals surface area contributed by atoms with Gasteiger partial charge in [0, 0.05) is 17.5 Å². The number of hydrogen-bond acceptors (Lipinski definition) is 3. The van der Waals surface area contributed by atoms with E-state index in [0.717, 1.165) is 22.2 Å². The zero-order valence-corrected chi connectivity index (χ0v) is 13.8. The van der Waals surface area contributed by atoms with Gasteiger partial charge < -0.3 is 10.5 Å². The Morgan fingerprint density at radius 2 is 1.78 bits per heavy atom. The predicted molar refractivity (Wildman–Crippen MR) is 93.6 cm³/mol. The molecule has 0 saturated heterocycles. The minimum absolute atomic E-state index is 0.105. The molecule has 2 N–H and O–H groups in total. The highest BCUT2D eigenvalue weighted by molar-refractivity contribution is 5.80. The van der Waals surface area contributed by atoms with Gasteiger partial charge in [0.15, 0.2) is 0 Å². The summed E-state index contributed by atoms with van der Waals surface area (Å²) in [6.45, 7) is 6.21. The molecular formula is C19H23N3O. The normalized spacial score (nSPS) is 14.1. The average molecular weight is 309 g/mol. The third-order valence-corrected chi connectivity index (χ3v) is 3.92. The Morgan fingerprint density at radius 1 is 1.04 bits per heavy atom. The standard InChI is InChI=1S/C19H23N3O/c1-13(2)22-18-10-9-17(11-16(18)12-21-22)23-19(14(3)20)15-7-5-4-6-8-15/h4-14,19H,20H2,1-3H3/t14-,19?/m0/s1. The van der Waals surface area contributed by atoms with Crippen LogP contribution in [0.4, 0.5) is 0 Å². The Balaban J connectivity index is 1.90. The minimum atomic E-state index is -0.172. The first-order valence-electron chi connectivity index (χ1n) is 8.00. The first kappa shape index (κ1) is 15.6. The van der Waals surface area contributed by atoms with Crippen molar-refractivity contribution >= 4 is 10.9 Å². The zero-order valence-electron chi connectivity index (χ0n) is 13.8. The van der Waals surface area contributed by atoms with Gasteiger partial charge in [0.25, 0.3) is 0 Å². The van der Waals surface area contributed by atoms with E-state index in [2.05, 4.69) is 25.0 Å². The number of ether oxygens (including phenoxy) is 1. The second-order valence-corrected chi connectivity index (χ2v) is 6.21. The summed E-state index contributed by atoms with van der Waals surface area (Å²) in [5.41, 5.74) is 8.33. The van der Waals surface area contributed by atoms with Gasteiger partial charge >= 0.3 is 0 Å². The number of nitrogens with zero attached hydrogens (tertiary/aromatic N) is 2. The molecule has 0 aliphatic carbocycles. The molecule has 4 heteroatoms. The Labute approximate surface area is 136 Å². The van der Waals surface area contributed by atoms with Crippen molar-refractivity contribution in [3.05, 3.63) is 60.3 Å². The van der Waals surface area contributed by atoms with Crippen LogP contribution in [0.5, 0.6) is 5.75 Å². The van der Waals surface area contributed by atoms with Gasteiger partial charge in [-0.1, -0.05) is 30.3 Å². The second-order valence-electron chi connectivity index (χ2n) is 6.21. The van der Waals surface area contributed by atoms with E-state index in [1.165, 1.54) is 0 Å². The fraction of sp³-hybridized carbons (Fsp3) is 0.316. The maximum atomic E-state index is 6.18. The number of fused-ring (bicyclic) bond motifs is 1. The number of aromatic nitrogens is 2. The van der Waals surface area contributed by atoms with Crippen LogP contribution < -0.4 is 10.5 Å². The topological polar surface area (TPSA) is 53.1 Å². The SMILES string of the molecule is CC(C)n1ncc2cc(OC(c3ccccc3)[C@H](C)N)ccc21. The van der Waals surface area contributed by atoms with Gasteiger partial charge in [-0.2, -0.15) is 5.10 Å². The van der Waals surface area contributed by atoms with Crippen molar-refractivity contribution in [1.29, 1.82) is 0 Å². The lowest BCUT2D eigenvalue weighted by atomic mass is 10.0. The fourth-order valence-electron chi connectivity index (χ4n) is 2.78. The molecule has 0 radical (unpaired) electrons. The molecule has 0 aliphatic heterocycles. The summed E-state index contributed by atoms with van der Waals surface area (Å²) in [5, 5.41) is 5.52. The van der Waals surface area contributed by atoms with Gasteiger partial charge in [-0.25, -0.2) is 0 Å². The number of hydrogen-bond donors (Lipinski definition) is 1. The van der Waals surface area contributed by atoms with Crippen molar-refractivity contribution in [1.82, 2.24) is 9.78 Å². The third kappa shape index (κ3) is 3.22. The molecule has 0 aliphatic rings. The van der Waals surface area contributed by atoms with Gasteiger partial charge in [-0.15, -0.1) is 0 Å². The molecular weight excluding hydrogens is 286 g/mol. The molecule has 0 spiro atoms. The summed E-state index contributed by atoms with van der Waals surface area (Å²) in [4.78, 5) is 0. The zero-order chi connectivity index (χ0) is 16.4. The molecule has 3 rings (SSSR count). The minimum Gasteiger partial charge on any atom is -0.484 e. The van der Waals surface area contributed by atoms with E-state index < -0.39 is 0 Å². The quantitative estimate of drug-likeness (QED) is 0.772. The molecule has 2 atom stereocenters. The lowest BCUT2D eigenvalue weighted by molar-refractivity contribution is 0.180. The van der Waals surface area contributed by atoms with E-state index in [0.29, 0.717) is 6.04 Å². The van der Waals surface area contributed by atoms with Gasteiger partial charge in [-0.05, 0) is 44.5 Å². The van der Waals surface area contributed by atoms with Crippen LogP contribution in [0, 0.1) is 0 Å². The Kier molecular flexibility index (Phi) is 4.35. The van der Waals surface area contributed by atoms with Crippen molar-refractivity contribution < 1.29 is 4.74 Å². The van der Waals surface area contributed by atoms with Crippen LogP contribution in [-0.4, -0.2) is 15.8 Å². The first-order chi connectivity index (χ1) is 11.1. The number of nitrogens with two attached hydrogens (primary N) is 1.